The van der Waals surface area contributed by atoms with Crippen LogP contribution in [0.3, 0.4) is 0 Å². The van der Waals surface area contributed by atoms with Gasteiger partial charge in [-0.15, -0.1) is 0 Å². The van der Waals surface area contributed by atoms with E-state index in [2.05, 4.69) is 54.2 Å². The highest BCUT2D eigenvalue weighted by Gasteiger charge is 2.28. The van der Waals surface area contributed by atoms with Crippen LogP contribution in [-0.4, -0.2) is 23.4 Å². The molecule has 4 heteroatoms. The Balaban J connectivity index is 3.04. The largest absolute Gasteiger partial charge is 0.319 e. The van der Waals surface area contributed by atoms with Gasteiger partial charge < -0.3 is 5.32 Å². The molecule has 1 rings (SSSR count). The fraction of sp³-hybridized carbons (Fsp3) is 0.786. The fourth-order valence-corrected chi connectivity index (χ4v) is 3.31. The molecule has 1 aromatic rings. The minimum absolute atomic E-state index is 0.329. The summed E-state index contributed by atoms with van der Waals surface area (Å²) in [5.41, 5.74) is 2.82. The Bertz CT molecular complexity index is 381. The Hall–Kier alpha value is -0.350. The van der Waals surface area contributed by atoms with Crippen molar-refractivity contribution >= 4 is 15.9 Å². The lowest BCUT2D eigenvalue weighted by atomic mass is 9.78. The van der Waals surface area contributed by atoms with E-state index < -0.39 is 0 Å². The zero-order valence-corrected chi connectivity index (χ0v) is 13.9. The summed E-state index contributed by atoms with van der Waals surface area (Å²) in [6, 6.07) is 0. The summed E-state index contributed by atoms with van der Waals surface area (Å²) in [5.74, 6) is 0. The SMILES string of the molecule is CCc1nn(C)c(CC(CC)(CC)CNC)c1Br. The van der Waals surface area contributed by atoms with E-state index in [4.69, 9.17) is 0 Å². The highest BCUT2D eigenvalue weighted by molar-refractivity contribution is 9.10. The van der Waals surface area contributed by atoms with E-state index in [9.17, 15) is 0 Å². The fourth-order valence-electron chi connectivity index (χ4n) is 2.55. The van der Waals surface area contributed by atoms with Crippen LogP contribution in [0.5, 0.6) is 0 Å². The quantitative estimate of drug-likeness (QED) is 0.836. The van der Waals surface area contributed by atoms with Crippen LogP contribution in [0.2, 0.25) is 0 Å². The Morgan fingerprint density at radius 2 is 1.89 bits per heavy atom. The van der Waals surface area contributed by atoms with Crippen LogP contribution in [0.4, 0.5) is 0 Å². The molecule has 0 saturated heterocycles. The summed E-state index contributed by atoms with van der Waals surface area (Å²) in [7, 11) is 4.09. The topological polar surface area (TPSA) is 29.9 Å². The van der Waals surface area contributed by atoms with E-state index in [1.165, 1.54) is 23.0 Å². The number of nitrogens with zero attached hydrogens (tertiary/aromatic N) is 2. The minimum Gasteiger partial charge on any atom is -0.319 e. The van der Waals surface area contributed by atoms with Gasteiger partial charge in [-0.25, -0.2) is 0 Å². The molecule has 0 radical (unpaired) electrons. The first-order valence-corrected chi connectivity index (χ1v) is 7.67. The molecule has 0 aliphatic rings. The molecule has 0 spiro atoms. The predicted molar refractivity (Wildman–Crippen MR) is 80.9 cm³/mol. The van der Waals surface area contributed by atoms with E-state index in [0.29, 0.717) is 5.41 Å². The zero-order valence-electron chi connectivity index (χ0n) is 12.3. The van der Waals surface area contributed by atoms with Gasteiger partial charge in [0.25, 0.3) is 0 Å². The first kappa shape index (κ1) is 15.7. The molecule has 0 unspecified atom stereocenters. The second kappa shape index (κ2) is 6.71. The van der Waals surface area contributed by atoms with Crippen molar-refractivity contribution in [1.29, 1.82) is 0 Å². The molecule has 1 heterocycles. The van der Waals surface area contributed by atoms with E-state index in [-0.39, 0.29) is 0 Å². The monoisotopic (exact) mass is 315 g/mol. The molecule has 0 saturated carbocycles. The normalized spacial score (nSPS) is 12.1. The lowest BCUT2D eigenvalue weighted by Gasteiger charge is -2.31. The minimum atomic E-state index is 0.329. The maximum Gasteiger partial charge on any atom is 0.0766 e. The summed E-state index contributed by atoms with van der Waals surface area (Å²) in [4.78, 5) is 0. The number of aromatic nitrogens is 2. The molecule has 0 amide bonds. The molecular formula is C14H26BrN3. The summed E-state index contributed by atoms with van der Waals surface area (Å²) in [6.07, 6.45) is 4.42. The molecule has 0 bridgehead atoms. The van der Waals surface area contributed by atoms with E-state index >= 15 is 0 Å². The third kappa shape index (κ3) is 3.15. The molecule has 0 aromatic carbocycles. The van der Waals surface area contributed by atoms with Gasteiger partial charge in [0.15, 0.2) is 0 Å². The highest BCUT2D eigenvalue weighted by atomic mass is 79.9. The van der Waals surface area contributed by atoms with Crippen molar-refractivity contribution in [3.8, 4) is 0 Å². The molecule has 0 aliphatic heterocycles. The van der Waals surface area contributed by atoms with Crippen LogP contribution >= 0.6 is 15.9 Å². The average molecular weight is 316 g/mol. The van der Waals surface area contributed by atoms with Gasteiger partial charge >= 0.3 is 0 Å². The predicted octanol–water partition coefficient (Wildman–Crippen LogP) is 3.31. The van der Waals surface area contributed by atoms with Crippen molar-refractivity contribution in [3.63, 3.8) is 0 Å². The zero-order chi connectivity index (χ0) is 13.8. The first-order valence-electron chi connectivity index (χ1n) is 6.88. The molecule has 18 heavy (non-hydrogen) atoms. The van der Waals surface area contributed by atoms with Crippen LogP contribution in [0.25, 0.3) is 0 Å². The van der Waals surface area contributed by atoms with Crippen molar-refractivity contribution in [2.75, 3.05) is 13.6 Å². The van der Waals surface area contributed by atoms with Crippen molar-refractivity contribution in [2.45, 2.75) is 46.5 Å². The number of hydrogen-bond acceptors (Lipinski definition) is 2. The molecule has 3 nitrogen and oxygen atoms in total. The molecule has 1 aromatic heterocycles. The van der Waals surface area contributed by atoms with Crippen LogP contribution in [-0.2, 0) is 19.9 Å². The summed E-state index contributed by atoms with van der Waals surface area (Å²) < 4.78 is 3.24. The van der Waals surface area contributed by atoms with E-state index in [1.807, 2.05) is 11.7 Å². The van der Waals surface area contributed by atoms with Gasteiger partial charge in [0, 0.05) is 13.6 Å². The first-order chi connectivity index (χ1) is 8.53. The summed E-state index contributed by atoms with van der Waals surface area (Å²) >= 11 is 3.72. The maximum atomic E-state index is 4.59. The second-order valence-electron chi connectivity index (χ2n) is 5.10. The van der Waals surface area contributed by atoms with Crippen LogP contribution in [0.1, 0.15) is 45.0 Å². The Morgan fingerprint density at radius 3 is 2.28 bits per heavy atom. The summed E-state index contributed by atoms with van der Waals surface area (Å²) in [6.45, 7) is 7.77. The van der Waals surface area contributed by atoms with Gasteiger partial charge in [0.1, 0.15) is 0 Å². The van der Waals surface area contributed by atoms with Crippen LogP contribution < -0.4 is 5.32 Å². The van der Waals surface area contributed by atoms with Gasteiger partial charge in [-0.2, -0.15) is 5.10 Å². The number of nitrogens with one attached hydrogen (secondary N) is 1. The summed E-state index contributed by atoms with van der Waals surface area (Å²) in [5, 5.41) is 7.94. The molecule has 0 atom stereocenters. The molecule has 0 aliphatic carbocycles. The number of aryl methyl sites for hydroxylation is 2. The lowest BCUT2D eigenvalue weighted by molar-refractivity contribution is 0.247. The third-order valence-corrected chi connectivity index (χ3v) is 5.01. The van der Waals surface area contributed by atoms with Gasteiger partial charge in [-0.3, -0.25) is 4.68 Å². The average Bonchev–Trinajstić information content (AvgIpc) is 2.65. The second-order valence-corrected chi connectivity index (χ2v) is 5.89. The molecular weight excluding hydrogens is 290 g/mol. The van der Waals surface area contributed by atoms with Crippen LogP contribution in [0, 0.1) is 5.41 Å². The van der Waals surface area contributed by atoms with Gasteiger partial charge in [-0.05, 0) is 54.1 Å². The number of rotatable bonds is 7. The Labute approximate surface area is 119 Å². The van der Waals surface area contributed by atoms with Crippen molar-refractivity contribution < 1.29 is 0 Å². The van der Waals surface area contributed by atoms with Gasteiger partial charge in [0.2, 0.25) is 0 Å². The van der Waals surface area contributed by atoms with Crippen molar-refractivity contribution in [3.05, 3.63) is 15.9 Å². The molecule has 104 valence electrons. The molecule has 0 fully saturated rings. The Kier molecular flexibility index (Phi) is 5.86. The lowest BCUT2D eigenvalue weighted by Crippen LogP contribution is -2.34. The van der Waals surface area contributed by atoms with E-state index in [1.54, 1.807) is 0 Å². The standard InChI is InChI=1S/C14H26BrN3/c1-6-11-13(15)12(18(5)17-11)9-14(7-2,8-3)10-16-4/h16H,6-10H2,1-5H3. The van der Waals surface area contributed by atoms with Crippen molar-refractivity contribution in [2.24, 2.45) is 12.5 Å². The highest BCUT2D eigenvalue weighted by Crippen LogP contribution is 2.34. The third-order valence-electron chi connectivity index (χ3n) is 4.10. The number of halogens is 1. The molecule has 1 N–H and O–H groups in total. The van der Waals surface area contributed by atoms with Gasteiger partial charge in [-0.1, -0.05) is 20.8 Å². The smallest absolute Gasteiger partial charge is 0.0766 e. The Morgan fingerprint density at radius 1 is 1.28 bits per heavy atom. The number of hydrogen-bond donors (Lipinski definition) is 1. The van der Waals surface area contributed by atoms with Crippen LogP contribution in [0.15, 0.2) is 4.47 Å². The van der Waals surface area contributed by atoms with Crippen molar-refractivity contribution in [1.82, 2.24) is 15.1 Å². The maximum absolute atomic E-state index is 4.59. The van der Waals surface area contributed by atoms with Gasteiger partial charge in [0.05, 0.1) is 15.9 Å². The van der Waals surface area contributed by atoms with E-state index in [0.717, 1.165) is 25.1 Å².